The van der Waals surface area contributed by atoms with E-state index in [1.807, 2.05) is 66.7 Å². The lowest BCUT2D eigenvalue weighted by Crippen LogP contribution is -2.59. The first-order valence-corrected chi connectivity index (χ1v) is 14.7. The van der Waals surface area contributed by atoms with Crippen LogP contribution in [0.5, 0.6) is 11.5 Å². The molecule has 4 aromatic carbocycles. The second-order valence-electron chi connectivity index (χ2n) is 10.8. The van der Waals surface area contributed by atoms with Crippen molar-refractivity contribution in [3.63, 3.8) is 0 Å². The Balaban J connectivity index is 1.33. The Morgan fingerprint density at radius 1 is 0.674 bits per heavy atom. The van der Waals surface area contributed by atoms with E-state index in [0.29, 0.717) is 44.5 Å². The number of rotatable bonds is 12. The molecule has 0 N–H and O–H groups in total. The molecule has 0 spiro atoms. The number of hydrogen-bond donors (Lipinski definition) is 0. The predicted octanol–water partition coefficient (Wildman–Crippen LogP) is 6.43. The minimum atomic E-state index is -0.452. The number of methoxy groups -OCH3 is 2. The summed E-state index contributed by atoms with van der Waals surface area (Å²) in [5.41, 5.74) is 5.14. The summed E-state index contributed by atoms with van der Waals surface area (Å²) in [6.07, 6.45) is -2.20. The van der Waals surface area contributed by atoms with E-state index in [0.717, 1.165) is 27.8 Å². The van der Waals surface area contributed by atoms with Gasteiger partial charge in [-0.2, -0.15) is 0 Å². The van der Waals surface area contributed by atoms with Gasteiger partial charge in [0, 0.05) is 11.6 Å². The summed E-state index contributed by atoms with van der Waals surface area (Å²) in [6.45, 7) is 1.97. The summed E-state index contributed by atoms with van der Waals surface area (Å²) in [5, 5.41) is 0. The van der Waals surface area contributed by atoms with Crippen LogP contribution in [-0.4, -0.2) is 45.2 Å². The highest BCUT2D eigenvalue weighted by Crippen LogP contribution is 2.47. The molecule has 0 amide bonds. The number of ether oxygens (including phenoxy) is 7. The van der Waals surface area contributed by atoms with E-state index in [1.165, 1.54) is 0 Å². The van der Waals surface area contributed by atoms with Crippen molar-refractivity contribution >= 4 is 0 Å². The van der Waals surface area contributed by atoms with Crippen LogP contribution >= 0.6 is 0 Å². The van der Waals surface area contributed by atoms with Crippen LogP contribution in [0.15, 0.2) is 103 Å². The van der Waals surface area contributed by atoms with E-state index in [9.17, 15) is 0 Å². The molecule has 224 valence electrons. The lowest BCUT2D eigenvalue weighted by atomic mass is 9.86. The van der Waals surface area contributed by atoms with E-state index in [4.69, 9.17) is 33.2 Å². The van der Waals surface area contributed by atoms with Crippen LogP contribution in [0.2, 0.25) is 0 Å². The van der Waals surface area contributed by atoms with Crippen molar-refractivity contribution in [1.82, 2.24) is 0 Å². The van der Waals surface area contributed by atoms with Gasteiger partial charge >= 0.3 is 0 Å². The van der Waals surface area contributed by atoms with Gasteiger partial charge in [0.25, 0.3) is 0 Å². The first-order valence-electron chi connectivity index (χ1n) is 14.7. The number of hydrogen-bond acceptors (Lipinski definition) is 7. The zero-order valence-corrected chi connectivity index (χ0v) is 24.6. The van der Waals surface area contributed by atoms with E-state index >= 15 is 0 Å². The summed E-state index contributed by atoms with van der Waals surface area (Å²) in [4.78, 5) is 0. The fraction of sp³-hybridized carbons (Fsp3) is 0.333. The SMILES string of the molecule is COc1cc2c(c(OC)c1)[C@@H]1O[C@H](COCc3ccccc3)[C@@H](OCc3ccccc3)[C@H](OCc3ccccc3)[C@@H]1OC2. The minimum absolute atomic E-state index is 0.316. The molecule has 0 aliphatic carbocycles. The molecular weight excluding hydrogens is 544 g/mol. The van der Waals surface area contributed by atoms with Crippen LogP contribution in [0.1, 0.15) is 33.9 Å². The molecule has 2 heterocycles. The van der Waals surface area contributed by atoms with E-state index in [-0.39, 0.29) is 0 Å². The fourth-order valence-electron chi connectivity index (χ4n) is 5.83. The second kappa shape index (κ2) is 14.2. The average Bonchev–Trinajstić information content (AvgIpc) is 3.07. The van der Waals surface area contributed by atoms with E-state index < -0.39 is 30.5 Å². The van der Waals surface area contributed by atoms with E-state index in [1.54, 1.807) is 14.2 Å². The third kappa shape index (κ3) is 6.93. The van der Waals surface area contributed by atoms with Crippen molar-refractivity contribution in [3.05, 3.63) is 131 Å². The molecular formula is C36H38O7. The Morgan fingerprint density at radius 3 is 1.84 bits per heavy atom. The van der Waals surface area contributed by atoms with E-state index in [2.05, 4.69) is 36.4 Å². The Morgan fingerprint density at radius 2 is 1.26 bits per heavy atom. The summed E-state index contributed by atoms with van der Waals surface area (Å²) in [5.74, 6) is 1.40. The van der Waals surface area contributed by atoms with Gasteiger partial charge in [-0.1, -0.05) is 91.0 Å². The number of benzene rings is 4. The molecule has 1 fully saturated rings. The maximum Gasteiger partial charge on any atom is 0.128 e. The Bertz CT molecular complexity index is 1410. The van der Waals surface area contributed by atoms with Gasteiger partial charge in [-0.15, -0.1) is 0 Å². The van der Waals surface area contributed by atoms with Crippen LogP contribution in [0.3, 0.4) is 0 Å². The quantitative estimate of drug-likeness (QED) is 0.191. The summed E-state index contributed by atoms with van der Waals surface area (Å²) in [6, 6.07) is 34.3. The van der Waals surface area contributed by atoms with Crippen LogP contribution in [0.4, 0.5) is 0 Å². The van der Waals surface area contributed by atoms with Crippen LogP contribution in [0, 0.1) is 0 Å². The molecule has 0 radical (unpaired) electrons. The highest BCUT2D eigenvalue weighted by molar-refractivity contribution is 5.49. The van der Waals surface area contributed by atoms with Gasteiger partial charge in [0.05, 0.1) is 47.3 Å². The lowest BCUT2D eigenvalue weighted by Gasteiger charge is -2.48. The van der Waals surface area contributed by atoms with Gasteiger partial charge in [0.15, 0.2) is 0 Å². The molecule has 7 nitrogen and oxygen atoms in total. The molecule has 43 heavy (non-hydrogen) atoms. The van der Waals surface area contributed by atoms with Gasteiger partial charge in [-0.3, -0.25) is 0 Å². The molecule has 0 unspecified atom stereocenters. The standard InChI is InChI=1S/C36H38O7/c1-37-29-18-28-23-42-36-34(32(28)30(19-29)38-2)43-31(24-39-20-25-12-6-3-7-13-25)33(40-21-26-14-8-4-9-15-26)35(36)41-22-27-16-10-5-11-17-27/h3-19,31,33-36H,20-24H2,1-2H3/t31-,33-,34+,35+,36-/m1/s1. The monoisotopic (exact) mass is 582 g/mol. The van der Waals surface area contributed by atoms with Gasteiger partial charge in [0.2, 0.25) is 0 Å². The topological polar surface area (TPSA) is 64.6 Å². The Labute approximate surface area is 253 Å². The molecule has 0 bridgehead atoms. The smallest absolute Gasteiger partial charge is 0.128 e. The van der Waals surface area contributed by atoms with Crippen LogP contribution < -0.4 is 9.47 Å². The molecule has 6 rings (SSSR count). The zero-order chi connectivity index (χ0) is 29.4. The minimum Gasteiger partial charge on any atom is -0.497 e. The predicted molar refractivity (Wildman–Crippen MR) is 162 cm³/mol. The molecule has 2 aliphatic rings. The lowest BCUT2D eigenvalue weighted by molar-refractivity contribution is -0.280. The van der Waals surface area contributed by atoms with Gasteiger partial charge < -0.3 is 33.2 Å². The van der Waals surface area contributed by atoms with Crippen LogP contribution in [0.25, 0.3) is 0 Å². The highest BCUT2D eigenvalue weighted by atomic mass is 16.6. The third-order valence-electron chi connectivity index (χ3n) is 7.97. The van der Waals surface area contributed by atoms with Crippen molar-refractivity contribution in [2.24, 2.45) is 0 Å². The molecule has 0 aromatic heterocycles. The highest BCUT2D eigenvalue weighted by Gasteiger charge is 2.51. The molecule has 7 heteroatoms. The maximum atomic E-state index is 6.88. The first-order chi connectivity index (χ1) is 21.2. The van der Waals surface area contributed by atoms with Crippen molar-refractivity contribution < 1.29 is 33.2 Å². The summed E-state index contributed by atoms with van der Waals surface area (Å²) >= 11 is 0. The number of fused-ring (bicyclic) bond motifs is 3. The largest absolute Gasteiger partial charge is 0.497 e. The van der Waals surface area contributed by atoms with Crippen molar-refractivity contribution in [1.29, 1.82) is 0 Å². The van der Waals surface area contributed by atoms with Crippen molar-refractivity contribution in [2.75, 3.05) is 20.8 Å². The van der Waals surface area contributed by atoms with Crippen molar-refractivity contribution in [3.8, 4) is 11.5 Å². The van der Waals surface area contributed by atoms with Crippen LogP contribution in [-0.2, 0) is 50.1 Å². The second-order valence-corrected chi connectivity index (χ2v) is 10.8. The molecule has 5 atom stereocenters. The molecule has 0 saturated carbocycles. The third-order valence-corrected chi connectivity index (χ3v) is 7.97. The summed E-state index contributed by atoms with van der Waals surface area (Å²) in [7, 11) is 3.31. The van der Waals surface area contributed by atoms with Crippen molar-refractivity contribution in [2.45, 2.75) is 56.9 Å². The van der Waals surface area contributed by atoms with Gasteiger partial charge in [0.1, 0.15) is 42.0 Å². The fourth-order valence-corrected chi connectivity index (χ4v) is 5.83. The summed E-state index contributed by atoms with van der Waals surface area (Å²) < 4.78 is 44.4. The molecule has 4 aromatic rings. The van der Waals surface area contributed by atoms with Gasteiger partial charge in [-0.25, -0.2) is 0 Å². The molecule has 2 aliphatic heterocycles. The zero-order valence-electron chi connectivity index (χ0n) is 24.6. The normalized spacial score (nSPS) is 22.8. The van der Waals surface area contributed by atoms with Gasteiger partial charge in [-0.05, 0) is 28.3 Å². The Kier molecular flexibility index (Phi) is 9.67. The average molecular weight is 583 g/mol. The Hall–Kier alpha value is -3.72. The first kappa shape index (κ1) is 29.4. The maximum absolute atomic E-state index is 6.88. The molecule has 1 saturated heterocycles.